The first-order valence-corrected chi connectivity index (χ1v) is 6.90. The van der Waals surface area contributed by atoms with Gasteiger partial charge in [0.2, 0.25) is 0 Å². The summed E-state index contributed by atoms with van der Waals surface area (Å²) in [6.45, 7) is 1.99. The molecule has 0 fully saturated rings. The van der Waals surface area contributed by atoms with E-state index in [1.165, 1.54) is 18.2 Å². The van der Waals surface area contributed by atoms with Crippen molar-refractivity contribution in [1.82, 2.24) is 5.32 Å². The molecule has 0 heterocycles. The number of hydrogen-bond donors (Lipinski definition) is 1. The largest absolute Gasteiger partial charge is 0.302 e. The minimum Gasteiger partial charge on any atom is -0.302 e. The van der Waals surface area contributed by atoms with Crippen molar-refractivity contribution in [2.24, 2.45) is 0 Å². The molecule has 0 aliphatic rings. The average Bonchev–Trinajstić information content (AvgIpc) is 2.47. The molecule has 0 spiro atoms. The molecule has 20 heavy (non-hydrogen) atoms. The molecule has 106 valence electrons. The van der Waals surface area contributed by atoms with Gasteiger partial charge in [-0.3, -0.25) is 0 Å². The van der Waals surface area contributed by atoms with Crippen LogP contribution in [0.3, 0.4) is 0 Å². The van der Waals surface area contributed by atoms with Crippen molar-refractivity contribution in [3.05, 3.63) is 71.3 Å². The van der Waals surface area contributed by atoms with E-state index in [0.717, 1.165) is 5.56 Å². The summed E-state index contributed by atoms with van der Waals surface area (Å²) >= 11 is 6.04. The van der Waals surface area contributed by atoms with Gasteiger partial charge in [-0.1, -0.05) is 36.4 Å². The molecule has 0 aromatic heterocycles. The molecule has 4 heteroatoms. The third-order valence-electron chi connectivity index (χ3n) is 3.40. The maximum atomic E-state index is 13.6. The predicted molar refractivity (Wildman–Crippen MR) is 77.7 cm³/mol. The molecule has 1 N–H and O–H groups in total. The van der Waals surface area contributed by atoms with Crippen LogP contribution in [0.4, 0.5) is 8.78 Å². The van der Waals surface area contributed by atoms with Crippen LogP contribution in [0.15, 0.2) is 48.5 Å². The SMILES string of the molecule is CC(CCl)(NCc1c(F)cccc1F)c1ccccc1. The number of rotatable bonds is 5. The van der Waals surface area contributed by atoms with Crippen LogP contribution >= 0.6 is 11.6 Å². The first kappa shape index (κ1) is 14.9. The van der Waals surface area contributed by atoms with Gasteiger partial charge in [-0.15, -0.1) is 11.6 Å². The molecular formula is C16H16ClF2N. The van der Waals surface area contributed by atoms with Gasteiger partial charge in [-0.2, -0.15) is 0 Å². The molecule has 0 saturated heterocycles. The van der Waals surface area contributed by atoms with Crippen molar-refractivity contribution in [3.8, 4) is 0 Å². The first-order valence-electron chi connectivity index (χ1n) is 6.36. The van der Waals surface area contributed by atoms with Crippen molar-refractivity contribution in [2.45, 2.75) is 19.0 Å². The van der Waals surface area contributed by atoms with Gasteiger partial charge in [0.15, 0.2) is 0 Å². The Kier molecular flexibility index (Phi) is 4.73. The van der Waals surface area contributed by atoms with Crippen LogP contribution in [0.25, 0.3) is 0 Å². The molecule has 0 saturated carbocycles. The van der Waals surface area contributed by atoms with Gasteiger partial charge in [0, 0.05) is 18.0 Å². The van der Waals surface area contributed by atoms with E-state index in [0.29, 0.717) is 5.88 Å². The Hall–Kier alpha value is -1.45. The van der Waals surface area contributed by atoms with Crippen LogP contribution in [-0.4, -0.2) is 5.88 Å². The fourth-order valence-electron chi connectivity index (χ4n) is 2.02. The van der Waals surface area contributed by atoms with Crippen molar-refractivity contribution in [1.29, 1.82) is 0 Å². The molecule has 2 aromatic rings. The molecule has 2 rings (SSSR count). The number of hydrogen-bond acceptors (Lipinski definition) is 1. The lowest BCUT2D eigenvalue weighted by Crippen LogP contribution is -2.41. The third-order valence-corrected chi connectivity index (χ3v) is 3.93. The maximum absolute atomic E-state index is 13.6. The van der Waals surface area contributed by atoms with Gasteiger partial charge < -0.3 is 5.32 Å². The fraction of sp³-hybridized carbons (Fsp3) is 0.250. The van der Waals surface area contributed by atoms with Gasteiger partial charge in [-0.25, -0.2) is 8.78 Å². The standard InChI is InChI=1S/C16H16ClF2N/c1-16(11-17,12-6-3-2-4-7-12)20-10-13-14(18)8-5-9-15(13)19/h2-9,20H,10-11H2,1H3. The number of alkyl halides is 1. The van der Waals surface area contributed by atoms with Gasteiger partial charge >= 0.3 is 0 Å². The van der Waals surface area contributed by atoms with Crippen LogP contribution in [0.1, 0.15) is 18.1 Å². The zero-order chi connectivity index (χ0) is 14.6. The Morgan fingerprint density at radius 2 is 1.60 bits per heavy atom. The minimum atomic E-state index is -0.553. The van der Waals surface area contributed by atoms with Crippen molar-refractivity contribution < 1.29 is 8.78 Å². The Morgan fingerprint density at radius 3 is 2.15 bits per heavy atom. The Labute approximate surface area is 122 Å². The third kappa shape index (κ3) is 3.17. The highest BCUT2D eigenvalue weighted by atomic mass is 35.5. The van der Waals surface area contributed by atoms with E-state index >= 15 is 0 Å². The molecule has 1 unspecified atom stereocenters. The van der Waals surface area contributed by atoms with Crippen molar-refractivity contribution in [3.63, 3.8) is 0 Å². The zero-order valence-corrected chi connectivity index (χ0v) is 11.9. The topological polar surface area (TPSA) is 12.0 Å². The van der Waals surface area contributed by atoms with Gasteiger partial charge in [0.1, 0.15) is 11.6 Å². The Bertz CT molecular complexity index is 554. The lowest BCUT2D eigenvalue weighted by molar-refractivity contribution is 0.395. The first-order chi connectivity index (χ1) is 9.57. The summed E-state index contributed by atoms with van der Waals surface area (Å²) in [6, 6.07) is 13.5. The van der Waals surface area contributed by atoms with Crippen LogP contribution in [0, 0.1) is 11.6 Å². The second kappa shape index (κ2) is 6.33. The number of benzene rings is 2. The molecule has 1 nitrogen and oxygen atoms in total. The molecule has 0 bridgehead atoms. The highest BCUT2D eigenvalue weighted by molar-refractivity contribution is 6.18. The van der Waals surface area contributed by atoms with Crippen molar-refractivity contribution >= 4 is 11.6 Å². The summed E-state index contributed by atoms with van der Waals surface area (Å²) < 4.78 is 27.2. The second-order valence-corrected chi connectivity index (χ2v) is 5.15. The zero-order valence-electron chi connectivity index (χ0n) is 11.2. The molecule has 2 aromatic carbocycles. The predicted octanol–water partition coefficient (Wildman–Crippen LogP) is 4.21. The highest BCUT2D eigenvalue weighted by Crippen LogP contribution is 2.23. The minimum absolute atomic E-state index is 0.0276. The van der Waals surface area contributed by atoms with Gasteiger partial charge in [0.25, 0.3) is 0 Å². The second-order valence-electron chi connectivity index (χ2n) is 4.89. The normalized spacial score (nSPS) is 14.0. The molecule has 1 atom stereocenters. The summed E-state index contributed by atoms with van der Waals surface area (Å²) in [6.07, 6.45) is 0. The van der Waals surface area contributed by atoms with Gasteiger partial charge in [-0.05, 0) is 24.6 Å². The molecule has 0 aliphatic heterocycles. The summed E-state index contributed by atoms with van der Waals surface area (Å²) in [4.78, 5) is 0. The fourth-order valence-corrected chi connectivity index (χ4v) is 2.27. The number of halogens is 3. The lowest BCUT2D eigenvalue weighted by Gasteiger charge is -2.29. The summed E-state index contributed by atoms with van der Waals surface area (Å²) in [5.41, 5.74) is 0.462. The van der Waals surface area contributed by atoms with Crippen LogP contribution in [0.5, 0.6) is 0 Å². The lowest BCUT2D eigenvalue weighted by atomic mass is 9.93. The number of nitrogens with one attached hydrogen (secondary N) is 1. The van der Waals surface area contributed by atoms with Crippen molar-refractivity contribution in [2.75, 3.05) is 5.88 Å². The summed E-state index contributed by atoms with van der Waals surface area (Å²) in [5, 5.41) is 3.15. The Balaban J connectivity index is 2.20. The smallest absolute Gasteiger partial charge is 0.130 e. The van der Waals surface area contributed by atoms with E-state index in [9.17, 15) is 8.78 Å². The monoisotopic (exact) mass is 295 g/mol. The van der Waals surface area contributed by atoms with E-state index in [4.69, 9.17) is 11.6 Å². The quantitative estimate of drug-likeness (QED) is 0.815. The molecule has 0 amide bonds. The van der Waals surface area contributed by atoms with E-state index in [1.807, 2.05) is 37.3 Å². The van der Waals surface area contributed by atoms with E-state index in [1.54, 1.807) is 0 Å². The van der Waals surface area contributed by atoms with E-state index in [-0.39, 0.29) is 12.1 Å². The molecule has 0 radical (unpaired) electrons. The summed E-state index contributed by atoms with van der Waals surface area (Å²) in [5.74, 6) is -0.808. The van der Waals surface area contributed by atoms with E-state index in [2.05, 4.69) is 5.32 Å². The molecular weight excluding hydrogens is 280 g/mol. The highest BCUT2D eigenvalue weighted by Gasteiger charge is 2.25. The average molecular weight is 296 g/mol. The van der Waals surface area contributed by atoms with Crippen LogP contribution in [-0.2, 0) is 12.1 Å². The van der Waals surface area contributed by atoms with Crippen LogP contribution < -0.4 is 5.32 Å². The van der Waals surface area contributed by atoms with E-state index < -0.39 is 17.2 Å². The Morgan fingerprint density at radius 1 is 1.00 bits per heavy atom. The maximum Gasteiger partial charge on any atom is 0.130 e. The summed E-state index contributed by atoms with van der Waals surface area (Å²) in [7, 11) is 0. The molecule has 0 aliphatic carbocycles. The van der Waals surface area contributed by atoms with Crippen LogP contribution in [0.2, 0.25) is 0 Å². The van der Waals surface area contributed by atoms with Gasteiger partial charge in [0.05, 0.1) is 5.54 Å².